The molecule has 30 heavy (non-hydrogen) atoms. The van der Waals surface area contributed by atoms with Gasteiger partial charge in [-0.1, -0.05) is 47.6 Å². The highest BCUT2D eigenvalue weighted by atomic mass is 16.5. The molecular weight excluding hydrogens is 378 g/mol. The first-order valence-corrected chi connectivity index (χ1v) is 10.3. The Balaban J connectivity index is 1.31. The van der Waals surface area contributed by atoms with E-state index < -0.39 is 0 Å². The summed E-state index contributed by atoms with van der Waals surface area (Å²) in [7, 11) is 3.77. The second-order valence-corrected chi connectivity index (χ2v) is 8.09. The second-order valence-electron chi connectivity index (χ2n) is 8.09. The molecule has 6 heteroatoms. The second kappa shape index (κ2) is 9.43. The van der Waals surface area contributed by atoms with Crippen molar-refractivity contribution in [3.05, 3.63) is 83.2 Å². The minimum Gasteiger partial charge on any atom is -0.497 e. The summed E-state index contributed by atoms with van der Waals surface area (Å²) in [5, 5.41) is 7.97. The fraction of sp³-hybridized carbons (Fsp3) is 0.375. The van der Waals surface area contributed by atoms with Gasteiger partial charge in [-0.3, -0.25) is 4.90 Å². The van der Waals surface area contributed by atoms with Crippen LogP contribution in [0.25, 0.3) is 0 Å². The average Bonchev–Trinajstić information content (AvgIpc) is 3.17. The Labute approximate surface area is 177 Å². The molecule has 1 aliphatic rings. The largest absolute Gasteiger partial charge is 0.497 e. The first-order valence-electron chi connectivity index (χ1n) is 10.3. The molecule has 1 saturated heterocycles. The maximum absolute atomic E-state index is 5.60. The van der Waals surface area contributed by atoms with E-state index >= 15 is 0 Å². The molecule has 1 aromatic heterocycles. The minimum absolute atomic E-state index is 0.0932. The lowest BCUT2D eigenvalue weighted by molar-refractivity contribution is -0.0755. The van der Waals surface area contributed by atoms with Crippen LogP contribution in [0.5, 0.6) is 5.75 Å². The van der Waals surface area contributed by atoms with Crippen LogP contribution >= 0.6 is 0 Å². The van der Waals surface area contributed by atoms with E-state index in [2.05, 4.69) is 64.9 Å². The van der Waals surface area contributed by atoms with Crippen LogP contribution in [0.1, 0.15) is 22.6 Å². The molecule has 1 aliphatic heterocycles. The van der Waals surface area contributed by atoms with Crippen molar-refractivity contribution in [1.82, 2.24) is 15.4 Å². The molecule has 6 nitrogen and oxygen atoms in total. The summed E-state index contributed by atoms with van der Waals surface area (Å²) in [6, 6.07) is 20.6. The molecular formula is C24H29N3O3. The van der Waals surface area contributed by atoms with Gasteiger partial charge in [-0.05, 0) is 30.3 Å². The van der Waals surface area contributed by atoms with Crippen molar-refractivity contribution < 1.29 is 14.0 Å². The van der Waals surface area contributed by atoms with Gasteiger partial charge in [0, 0.05) is 25.6 Å². The smallest absolute Gasteiger partial charge is 0.150 e. The quantitative estimate of drug-likeness (QED) is 0.556. The maximum atomic E-state index is 5.60. The third kappa shape index (κ3) is 5.27. The van der Waals surface area contributed by atoms with Crippen molar-refractivity contribution in [2.75, 3.05) is 27.4 Å². The Morgan fingerprint density at radius 2 is 1.80 bits per heavy atom. The van der Waals surface area contributed by atoms with E-state index in [9.17, 15) is 0 Å². The summed E-state index contributed by atoms with van der Waals surface area (Å²) < 4.78 is 16.4. The Bertz CT molecular complexity index is 920. The van der Waals surface area contributed by atoms with Gasteiger partial charge in [0.1, 0.15) is 5.75 Å². The number of methoxy groups -OCH3 is 1. The van der Waals surface area contributed by atoms with Gasteiger partial charge in [-0.15, -0.1) is 0 Å². The molecule has 0 radical (unpaired) electrons. The fourth-order valence-electron chi connectivity index (χ4n) is 3.73. The highest BCUT2D eigenvalue weighted by molar-refractivity contribution is 5.27. The predicted octanol–water partition coefficient (Wildman–Crippen LogP) is 3.42. The van der Waals surface area contributed by atoms with Gasteiger partial charge in [-0.25, -0.2) is 0 Å². The number of hydrogen-bond donors (Lipinski definition) is 1. The number of hydrogen-bond acceptors (Lipinski definition) is 6. The number of benzene rings is 2. The van der Waals surface area contributed by atoms with Crippen LogP contribution < -0.4 is 10.1 Å². The molecule has 2 heterocycles. The van der Waals surface area contributed by atoms with E-state index in [1.54, 1.807) is 7.11 Å². The summed E-state index contributed by atoms with van der Waals surface area (Å²) in [6.45, 7) is 3.74. The third-order valence-corrected chi connectivity index (χ3v) is 5.43. The molecule has 1 fully saturated rings. The monoisotopic (exact) mass is 407 g/mol. The predicted molar refractivity (Wildman–Crippen MR) is 115 cm³/mol. The Hall–Kier alpha value is -2.67. The van der Waals surface area contributed by atoms with Gasteiger partial charge in [0.05, 0.1) is 38.1 Å². The standard InChI is InChI=1S/C24H29N3O3/c1-27(15-20-6-4-3-5-7-20)16-23-12-21(26-30-23)13-24(17-29-18-24)25-14-19-8-10-22(28-2)11-9-19/h3-12,25H,13-18H2,1-2H3. The fourth-order valence-corrected chi connectivity index (χ4v) is 3.73. The van der Waals surface area contributed by atoms with E-state index in [1.807, 2.05) is 18.2 Å². The zero-order valence-corrected chi connectivity index (χ0v) is 17.6. The van der Waals surface area contributed by atoms with Gasteiger partial charge in [0.25, 0.3) is 0 Å². The van der Waals surface area contributed by atoms with E-state index in [0.29, 0.717) is 13.2 Å². The highest BCUT2D eigenvalue weighted by Gasteiger charge is 2.39. The molecule has 0 amide bonds. The van der Waals surface area contributed by atoms with Crippen molar-refractivity contribution in [2.24, 2.45) is 0 Å². The van der Waals surface area contributed by atoms with Crippen LogP contribution in [-0.2, 0) is 30.8 Å². The molecule has 4 rings (SSSR count). The van der Waals surface area contributed by atoms with Gasteiger partial charge in [0.15, 0.2) is 5.76 Å². The van der Waals surface area contributed by atoms with Crippen LogP contribution in [0.3, 0.4) is 0 Å². The third-order valence-electron chi connectivity index (χ3n) is 5.43. The molecule has 0 bridgehead atoms. The lowest BCUT2D eigenvalue weighted by atomic mass is 9.91. The van der Waals surface area contributed by atoms with Gasteiger partial charge in [-0.2, -0.15) is 0 Å². The van der Waals surface area contributed by atoms with E-state index in [1.165, 1.54) is 11.1 Å². The number of ether oxygens (including phenoxy) is 2. The van der Waals surface area contributed by atoms with Crippen molar-refractivity contribution >= 4 is 0 Å². The van der Waals surface area contributed by atoms with E-state index in [-0.39, 0.29) is 5.54 Å². The number of rotatable bonds is 10. The Kier molecular flexibility index (Phi) is 6.47. The summed E-state index contributed by atoms with van der Waals surface area (Å²) >= 11 is 0. The normalized spacial score (nSPS) is 15.2. The molecule has 0 saturated carbocycles. The number of aromatic nitrogens is 1. The molecule has 0 spiro atoms. The topological polar surface area (TPSA) is 59.8 Å². The SMILES string of the molecule is COc1ccc(CNC2(Cc3cc(CN(C)Cc4ccccc4)on3)COC2)cc1. The van der Waals surface area contributed by atoms with Crippen LogP contribution in [0.4, 0.5) is 0 Å². The van der Waals surface area contributed by atoms with Gasteiger partial charge in [0.2, 0.25) is 0 Å². The van der Waals surface area contributed by atoms with E-state index in [4.69, 9.17) is 14.0 Å². The summed E-state index contributed by atoms with van der Waals surface area (Å²) in [6.07, 6.45) is 0.787. The van der Waals surface area contributed by atoms with Gasteiger partial charge < -0.3 is 19.3 Å². The summed E-state index contributed by atoms with van der Waals surface area (Å²) in [5.74, 6) is 1.75. The summed E-state index contributed by atoms with van der Waals surface area (Å²) in [5.41, 5.74) is 3.37. The van der Waals surface area contributed by atoms with Crippen molar-refractivity contribution in [3.63, 3.8) is 0 Å². The highest BCUT2D eigenvalue weighted by Crippen LogP contribution is 2.24. The lowest BCUT2D eigenvalue weighted by Gasteiger charge is -2.42. The van der Waals surface area contributed by atoms with E-state index in [0.717, 1.165) is 43.3 Å². The first-order chi connectivity index (χ1) is 14.6. The molecule has 2 aromatic carbocycles. The number of nitrogens with zero attached hydrogens (tertiary/aromatic N) is 2. The average molecular weight is 408 g/mol. The summed E-state index contributed by atoms with van der Waals surface area (Å²) in [4.78, 5) is 2.23. The van der Waals surface area contributed by atoms with Crippen molar-refractivity contribution in [1.29, 1.82) is 0 Å². The molecule has 158 valence electrons. The van der Waals surface area contributed by atoms with Crippen LogP contribution in [0.15, 0.2) is 65.2 Å². The molecule has 3 aromatic rings. The van der Waals surface area contributed by atoms with Crippen LogP contribution in [0, 0.1) is 0 Å². The van der Waals surface area contributed by atoms with Gasteiger partial charge >= 0.3 is 0 Å². The van der Waals surface area contributed by atoms with Crippen LogP contribution in [0.2, 0.25) is 0 Å². The molecule has 1 N–H and O–H groups in total. The van der Waals surface area contributed by atoms with Crippen molar-refractivity contribution in [3.8, 4) is 5.75 Å². The molecule has 0 unspecified atom stereocenters. The molecule has 0 aliphatic carbocycles. The maximum Gasteiger partial charge on any atom is 0.150 e. The van der Waals surface area contributed by atoms with Crippen LogP contribution in [-0.4, -0.2) is 43.0 Å². The zero-order valence-electron chi connectivity index (χ0n) is 17.6. The first kappa shape index (κ1) is 20.6. The van der Waals surface area contributed by atoms with Crippen molar-refractivity contribution in [2.45, 2.75) is 31.6 Å². The minimum atomic E-state index is -0.0932. The lowest BCUT2D eigenvalue weighted by Crippen LogP contribution is -2.61. The zero-order chi connectivity index (χ0) is 20.8. The Morgan fingerprint density at radius 3 is 2.47 bits per heavy atom. The molecule has 0 atom stereocenters. The number of nitrogens with one attached hydrogen (secondary N) is 1. The Morgan fingerprint density at radius 1 is 1.03 bits per heavy atom.